The lowest BCUT2D eigenvalue weighted by atomic mass is 9.98. The Bertz CT molecular complexity index is 801. The summed E-state index contributed by atoms with van der Waals surface area (Å²) < 4.78 is 5.33. The van der Waals surface area contributed by atoms with Crippen LogP contribution >= 0.6 is 0 Å². The van der Waals surface area contributed by atoms with Gasteiger partial charge in [0.05, 0.1) is 19.3 Å². The second kappa shape index (κ2) is 11.0. The van der Waals surface area contributed by atoms with E-state index in [1.807, 2.05) is 66.7 Å². The average Bonchev–Trinajstić information content (AvgIpc) is 2.79. The second-order valence-corrected chi connectivity index (χ2v) is 6.81. The van der Waals surface area contributed by atoms with Crippen LogP contribution in [0.25, 0.3) is 0 Å². The molecule has 6 nitrogen and oxygen atoms in total. The van der Waals surface area contributed by atoms with Crippen molar-refractivity contribution in [2.24, 2.45) is 0 Å². The summed E-state index contributed by atoms with van der Waals surface area (Å²) in [4.78, 5) is 15.0. The lowest BCUT2D eigenvalue weighted by molar-refractivity contribution is -0.117. The molecule has 0 bridgehead atoms. The normalized spacial score (nSPS) is 15.0. The van der Waals surface area contributed by atoms with Crippen LogP contribution < -0.4 is 10.6 Å². The van der Waals surface area contributed by atoms with E-state index in [4.69, 9.17) is 4.74 Å². The predicted molar refractivity (Wildman–Crippen MR) is 112 cm³/mol. The highest BCUT2D eigenvalue weighted by Gasteiger charge is 2.19. The fraction of sp³-hybridized carbons (Fsp3) is 0.304. The third-order valence-corrected chi connectivity index (χ3v) is 4.83. The van der Waals surface area contributed by atoms with E-state index in [-0.39, 0.29) is 11.6 Å². The van der Waals surface area contributed by atoms with Crippen LogP contribution in [0, 0.1) is 11.3 Å². The Hall–Kier alpha value is -3.14. The molecule has 1 aliphatic rings. The summed E-state index contributed by atoms with van der Waals surface area (Å²) in [6.45, 7) is 4.83. The monoisotopic (exact) mass is 390 g/mol. The summed E-state index contributed by atoms with van der Waals surface area (Å²) in [5, 5.41) is 15.5. The molecule has 2 aromatic carbocycles. The molecule has 0 atom stereocenters. The van der Waals surface area contributed by atoms with Crippen LogP contribution in [0.15, 0.2) is 72.4 Å². The van der Waals surface area contributed by atoms with Gasteiger partial charge in [-0.05, 0) is 11.1 Å². The minimum Gasteiger partial charge on any atom is -0.388 e. The van der Waals surface area contributed by atoms with Crippen molar-refractivity contribution < 1.29 is 9.53 Å². The number of hydrogen-bond acceptors (Lipinski definition) is 5. The quantitative estimate of drug-likeness (QED) is 0.411. The molecule has 1 fully saturated rings. The number of rotatable bonds is 8. The van der Waals surface area contributed by atoms with Gasteiger partial charge in [-0.1, -0.05) is 60.7 Å². The first-order valence-electron chi connectivity index (χ1n) is 9.82. The average molecular weight is 390 g/mol. The number of ether oxygens (including phenoxy) is 1. The third-order valence-electron chi connectivity index (χ3n) is 4.83. The summed E-state index contributed by atoms with van der Waals surface area (Å²) >= 11 is 0. The Labute approximate surface area is 171 Å². The molecule has 0 aromatic heterocycles. The van der Waals surface area contributed by atoms with Gasteiger partial charge in [0.1, 0.15) is 11.6 Å². The molecule has 0 unspecified atom stereocenters. The number of nitriles is 1. The van der Waals surface area contributed by atoms with Crippen molar-refractivity contribution in [1.29, 1.82) is 5.26 Å². The molecule has 0 saturated carbocycles. The molecule has 2 N–H and O–H groups in total. The highest BCUT2D eigenvalue weighted by atomic mass is 16.5. The lowest BCUT2D eigenvalue weighted by Gasteiger charge is -2.26. The van der Waals surface area contributed by atoms with Gasteiger partial charge in [0, 0.05) is 32.4 Å². The van der Waals surface area contributed by atoms with E-state index < -0.39 is 5.91 Å². The molecule has 3 rings (SSSR count). The largest absolute Gasteiger partial charge is 0.388 e. The summed E-state index contributed by atoms with van der Waals surface area (Å²) in [6, 6.07) is 21.2. The van der Waals surface area contributed by atoms with E-state index >= 15 is 0 Å². The minimum atomic E-state index is -0.399. The molecule has 29 heavy (non-hydrogen) atoms. The molecular formula is C23H26N4O2. The van der Waals surface area contributed by atoms with Crippen LogP contribution in [-0.2, 0) is 9.53 Å². The summed E-state index contributed by atoms with van der Waals surface area (Å²) in [6.07, 6.45) is 1.50. The van der Waals surface area contributed by atoms with Crippen LogP contribution in [0.4, 0.5) is 0 Å². The van der Waals surface area contributed by atoms with Crippen molar-refractivity contribution in [2.75, 3.05) is 39.4 Å². The molecule has 6 heteroatoms. The Kier molecular flexibility index (Phi) is 7.81. The predicted octanol–water partition coefficient (Wildman–Crippen LogP) is 2.22. The number of benzene rings is 2. The summed E-state index contributed by atoms with van der Waals surface area (Å²) in [5.41, 5.74) is 1.98. The number of nitrogens with zero attached hydrogens (tertiary/aromatic N) is 2. The highest BCUT2D eigenvalue weighted by Crippen LogP contribution is 2.22. The van der Waals surface area contributed by atoms with Crippen LogP contribution in [0.2, 0.25) is 0 Å². The zero-order chi connectivity index (χ0) is 20.3. The maximum atomic E-state index is 12.8. The van der Waals surface area contributed by atoms with Gasteiger partial charge in [0.15, 0.2) is 0 Å². The highest BCUT2D eigenvalue weighted by molar-refractivity contribution is 5.97. The number of carbonyl (C=O) groups excluding carboxylic acids is 1. The first kappa shape index (κ1) is 20.6. The van der Waals surface area contributed by atoms with Gasteiger partial charge < -0.3 is 15.4 Å². The number of carbonyl (C=O) groups is 1. The van der Waals surface area contributed by atoms with E-state index in [0.717, 1.165) is 44.0 Å². The Morgan fingerprint density at radius 2 is 1.66 bits per heavy atom. The van der Waals surface area contributed by atoms with Crippen molar-refractivity contribution in [3.63, 3.8) is 0 Å². The van der Waals surface area contributed by atoms with E-state index in [2.05, 4.69) is 15.5 Å². The standard InChI is InChI=1S/C23H26N4O2/c24-17-21(18-25-11-12-27-13-15-29-16-14-27)23(28)26-22(19-7-3-1-4-8-19)20-9-5-2-6-10-20/h1-10,18,22,25H,11-16H2,(H,26,28)/b21-18-. The molecule has 0 radical (unpaired) electrons. The Morgan fingerprint density at radius 3 is 2.21 bits per heavy atom. The van der Waals surface area contributed by atoms with Crippen molar-refractivity contribution in [2.45, 2.75) is 6.04 Å². The Morgan fingerprint density at radius 1 is 1.07 bits per heavy atom. The molecule has 0 aliphatic carbocycles. The molecule has 2 aromatic rings. The van der Waals surface area contributed by atoms with Gasteiger partial charge in [-0.3, -0.25) is 9.69 Å². The zero-order valence-electron chi connectivity index (χ0n) is 16.4. The third kappa shape index (κ3) is 6.18. The zero-order valence-corrected chi connectivity index (χ0v) is 16.4. The number of morpholine rings is 1. The lowest BCUT2D eigenvalue weighted by Crippen LogP contribution is -2.39. The molecule has 1 heterocycles. The van der Waals surface area contributed by atoms with E-state index in [1.165, 1.54) is 6.20 Å². The van der Waals surface area contributed by atoms with Crippen LogP contribution in [0.5, 0.6) is 0 Å². The Balaban J connectivity index is 1.63. The summed E-state index contributed by atoms with van der Waals surface area (Å²) in [5.74, 6) is -0.399. The number of hydrogen-bond donors (Lipinski definition) is 2. The van der Waals surface area contributed by atoms with Crippen LogP contribution in [-0.4, -0.2) is 50.2 Å². The van der Waals surface area contributed by atoms with E-state index in [1.54, 1.807) is 0 Å². The smallest absolute Gasteiger partial charge is 0.264 e. The van der Waals surface area contributed by atoms with Gasteiger partial charge in [-0.25, -0.2) is 0 Å². The van der Waals surface area contributed by atoms with Gasteiger partial charge in [0.25, 0.3) is 5.91 Å². The maximum Gasteiger partial charge on any atom is 0.264 e. The number of amides is 1. The summed E-state index contributed by atoms with van der Waals surface area (Å²) in [7, 11) is 0. The van der Waals surface area contributed by atoms with Crippen molar-refractivity contribution >= 4 is 5.91 Å². The second-order valence-electron chi connectivity index (χ2n) is 6.81. The molecule has 1 aliphatic heterocycles. The molecule has 150 valence electrons. The molecular weight excluding hydrogens is 364 g/mol. The molecule has 1 amide bonds. The van der Waals surface area contributed by atoms with Crippen molar-refractivity contribution in [3.8, 4) is 6.07 Å². The minimum absolute atomic E-state index is 0.0591. The van der Waals surface area contributed by atoms with Crippen LogP contribution in [0.3, 0.4) is 0 Å². The van der Waals surface area contributed by atoms with Crippen molar-refractivity contribution in [3.05, 3.63) is 83.6 Å². The van der Waals surface area contributed by atoms with Gasteiger partial charge in [-0.2, -0.15) is 5.26 Å². The number of nitrogens with one attached hydrogen (secondary N) is 2. The SMILES string of the molecule is N#C/C(=C/NCCN1CCOCC1)C(=O)NC(c1ccccc1)c1ccccc1. The van der Waals surface area contributed by atoms with Gasteiger partial charge in [-0.15, -0.1) is 0 Å². The molecule has 1 saturated heterocycles. The van der Waals surface area contributed by atoms with Crippen molar-refractivity contribution in [1.82, 2.24) is 15.5 Å². The van der Waals surface area contributed by atoms with Gasteiger partial charge >= 0.3 is 0 Å². The maximum absolute atomic E-state index is 12.8. The first-order chi connectivity index (χ1) is 14.3. The molecule has 0 spiro atoms. The van der Waals surface area contributed by atoms with E-state index in [9.17, 15) is 10.1 Å². The topological polar surface area (TPSA) is 77.4 Å². The fourth-order valence-corrected chi connectivity index (χ4v) is 3.23. The fourth-order valence-electron chi connectivity index (χ4n) is 3.23. The first-order valence-corrected chi connectivity index (χ1v) is 9.82. The van der Waals surface area contributed by atoms with E-state index in [0.29, 0.717) is 6.54 Å². The van der Waals surface area contributed by atoms with Gasteiger partial charge in [0.2, 0.25) is 0 Å². The van der Waals surface area contributed by atoms with Crippen LogP contribution in [0.1, 0.15) is 17.2 Å².